The van der Waals surface area contributed by atoms with Gasteiger partial charge in [0.15, 0.2) is 5.96 Å². The standard InChI is InChI=1S/C22H30N4O2S.HI/c1-3-23-21(25-16-22(2,28)18-7-5-4-6-8-18)24-12-9-20(27)26-13-10-19-17(15-26)11-14-29-19;/h4-8,11,14,28H,3,9-10,12-13,15-16H2,1-2H3,(H2,23,24,25);1H. The van der Waals surface area contributed by atoms with Crippen LogP contribution in [-0.2, 0) is 23.4 Å². The number of amides is 1. The van der Waals surface area contributed by atoms with E-state index in [2.05, 4.69) is 27.1 Å². The predicted octanol–water partition coefficient (Wildman–Crippen LogP) is 3.10. The third-order valence-corrected chi connectivity index (χ3v) is 6.10. The van der Waals surface area contributed by atoms with E-state index in [0.717, 1.165) is 18.5 Å². The van der Waals surface area contributed by atoms with E-state index in [1.165, 1.54) is 10.4 Å². The van der Waals surface area contributed by atoms with Gasteiger partial charge in [-0.15, -0.1) is 35.3 Å². The fourth-order valence-electron chi connectivity index (χ4n) is 3.37. The van der Waals surface area contributed by atoms with Gasteiger partial charge in [-0.2, -0.15) is 0 Å². The van der Waals surface area contributed by atoms with Crippen LogP contribution in [0.2, 0.25) is 0 Å². The van der Waals surface area contributed by atoms with Crippen molar-refractivity contribution in [3.05, 3.63) is 57.8 Å². The molecule has 1 aliphatic rings. The first kappa shape index (κ1) is 24.6. The maximum absolute atomic E-state index is 12.6. The molecular formula is C22H31IN4O2S. The van der Waals surface area contributed by atoms with Crippen molar-refractivity contribution in [3.63, 3.8) is 0 Å². The average Bonchev–Trinajstić information content (AvgIpc) is 3.20. The highest BCUT2D eigenvalue weighted by atomic mass is 127. The molecule has 0 fully saturated rings. The second kappa shape index (κ2) is 11.7. The van der Waals surface area contributed by atoms with Crippen molar-refractivity contribution in [1.29, 1.82) is 0 Å². The lowest BCUT2D eigenvalue weighted by atomic mass is 9.96. The molecule has 0 saturated carbocycles. The van der Waals surface area contributed by atoms with Crippen molar-refractivity contribution < 1.29 is 9.90 Å². The zero-order valence-electron chi connectivity index (χ0n) is 17.6. The molecule has 1 atom stereocenters. The van der Waals surface area contributed by atoms with E-state index >= 15 is 0 Å². The molecule has 0 bridgehead atoms. The highest BCUT2D eigenvalue weighted by Gasteiger charge is 2.23. The maximum atomic E-state index is 12.6. The Morgan fingerprint density at radius 2 is 2.03 bits per heavy atom. The molecule has 0 saturated heterocycles. The average molecular weight is 542 g/mol. The van der Waals surface area contributed by atoms with Gasteiger partial charge in [0.2, 0.25) is 5.91 Å². The van der Waals surface area contributed by atoms with Gasteiger partial charge in [-0.25, -0.2) is 4.99 Å². The van der Waals surface area contributed by atoms with Gasteiger partial charge in [-0.3, -0.25) is 4.79 Å². The van der Waals surface area contributed by atoms with Crippen LogP contribution in [0.15, 0.2) is 46.8 Å². The summed E-state index contributed by atoms with van der Waals surface area (Å²) in [5.41, 5.74) is 1.05. The molecule has 164 valence electrons. The number of carbonyl (C=O) groups is 1. The van der Waals surface area contributed by atoms with Crippen molar-refractivity contribution in [2.24, 2.45) is 4.99 Å². The Morgan fingerprint density at radius 3 is 2.77 bits per heavy atom. The molecule has 2 aromatic rings. The molecule has 1 aromatic carbocycles. The summed E-state index contributed by atoms with van der Waals surface area (Å²) in [5, 5.41) is 19.2. The number of fused-ring (bicyclic) bond motifs is 1. The van der Waals surface area contributed by atoms with Gasteiger partial charge < -0.3 is 20.6 Å². The minimum Gasteiger partial charge on any atom is -0.384 e. The maximum Gasteiger partial charge on any atom is 0.224 e. The van der Waals surface area contributed by atoms with Crippen molar-refractivity contribution >= 4 is 47.2 Å². The molecule has 1 unspecified atom stereocenters. The van der Waals surface area contributed by atoms with Crippen LogP contribution in [-0.4, -0.2) is 48.1 Å². The van der Waals surface area contributed by atoms with Gasteiger partial charge >= 0.3 is 0 Å². The van der Waals surface area contributed by atoms with E-state index in [0.29, 0.717) is 32.0 Å². The van der Waals surface area contributed by atoms with Gasteiger partial charge in [-0.1, -0.05) is 30.3 Å². The second-order valence-electron chi connectivity index (χ2n) is 7.45. The number of thiophene rings is 1. The number of nitrogens with zero attached hydrogens (tertiary/aromatic N) is 2. The normalized spacial score (nSPS) is 15.6. The number of hydrogen-bond donors (Lipinski definition) is 3. The van der Waals surface area contributed by atoms with Crippen molar-refractivity contribution in [1.82, 2.24) is 15.5 Å². The molecule has 2 heterocycles. The summed E-state index contributed by atoms with van der Waals surface area (Å²) in [6, 6.07) is 11.6. The molecule has 3 rings (SSSR count). The summed E-state index contributed by atoms with van der Waals surface area (Å²) in [4.78, 5) is 20.4. The lowest BCUT2D eigenvalue weighted by Crippen LogP contribution is -2.41. The Morgan fingerprint density at radius 1 is 1.27 bits per heavy atom. The Bertz CT molecular complexity index is 839. The van der Waals surface area contributed by atoms with E-state index in [-0.39, 0.29) is 36.4 Å². The first-order valence-electron chi connectivity index (χ1n) is 10.1. The van der Waals surface area contributed by atoms with Gasteiger partial charge in [-0.05, 0) is 42.8 Å². The minimum absolute atomic E-state index is 0. The smallest absolute Gasteiger partial charge is 0.224 e. The third kappa shape index (κ3) is 6.68. The molecule has 30 heavy (non-hydrogen) atoms. The van der Waals surface area contributed by atoms with Crippen LogP contribution < -0.4 is 10.6 Å². The second-order valence-corrected chi connectivity index (χ2v) is 8.45. The number of benzene rings is 1. The summed E-state index contributed by atoms with van der Waals surface area (Å²) >= 11 is 1.78. The minimum atomic E-state index is -1.05. The molecule has 0 aliphatic carbocycles. The van der Waals surface area contributed by atoms with Crippen LogP contribution in [0.25, 0.3) is 0 Å². The molecule has 8 heteroatoms. The number of guanidine groups is 1. The van der Waals surface area contributed by atoms with E-state index in [1.54, 1.807) is 18.3 Å². The first-order valence-corrected chi connectivity index (χ1v) is 11.0. The van der Waals surface area contributed by atoms with Gasteiger partial charge in [0.05, 0.1) is 6.54 Å². The third-order valence-electron chi connectivity index (χ3n) is 5.08. The van der Waals surface area contributed by atoms with Crippen molar-refractivity contribution in [2.45, 2.75) is 38.8 Å². The van der Waals surface area contributed by atoms with Crippen LogP contribution >= 0.6 is 35.3 Å². The van der Waals surface area contributed by atoms with Crippen molar-refractivity contribution in [2.75, 3.05) is 26.2 Å². The summed E-state index contributed by atoms with van der Waals surface area (Å²) in [6.07, 6.45) is 1.36. The fourth-order valence-corrected chi connectivity index (χ4v) is 4.26. The van der Waals surface area contributed by atoms with Gasteiger partial charge in [0.25, 0.3) is 0 Å². The number of nitrogens with one attached hydrogen (secondary N) is 2. The number of hydrogen-bond acceptors (Lipinski definition) is 4. The Labute approximate surface area is 199 Å². The number of halogens is 1. The van der Waals surface area contributed by atoms with Gasteiger partial charge in [0, 0.05) is 37.5 Å². The largest absolute Gasteiger partial charge is 0.384 e. The van der Waals surface area contributed by atoms with Crippen LogP contribution in [0.1, 0.15) is 36.3 Å². The summed E-state index contributed by atoms with van der Waals surface area (Å²) in [5.74, 6) is 0.761. The van der Waals surface area contributed by atoms with E-state index in [9.17, 15) is 9.90 Å². The lowest BCUT2D eigenvalue weighted by molar-refractivity contribution is -0.131. The SMILES string of the molecule is CCNC(=NCC(C)(O)c1ccccc1)NCCC(=O)N1CCc2sccc2C1.I. The first-order chi connectivity index (χ1) is 14.0. The van der Waals surface area contributed by atoms with Gasteiger partial charge in [0.1, 0.15) is 5.60 Å². The highest BCUT2D eigenvalue weighted by Crippen LogP contribution is 2.24. The Hall–Kier alpha value is -1.65. The monoisotopic (exact) mass is 542 g/mol. The molecule has 0 spiro atoms. The quantitative estimate of drug-likeness (QED) is 0.286. The molecule has 1 aliphatic heterocycles. The predicted molar refractivity (Wildman–Crippen MR) is 133 cm³/mol. The molecule has 1 aromatic heterocycles. The Kier molecular flexibility index (Phi) is 9.57. The Balaban J connectivity index is 0.00000320. The van der Waals surface area contributed by atoms with E-state index in [1.807, 2.05) is 42.2 Å². The fraction of sp³-hybridized carbons (Fsp3) is 0.455. The summed E-state index contributed by atoms with van der Waals surface area (Å²) in [6.45, 7) is 6.70. The van der Waals surface area contributed by atoms with Crippen LogP contribution in [0.5, 0.6) is 0 Å². The zero-order chi connectivity index (χ0) is 20.7. The molecule has 6 nitrogen and oxygen atoms in total. The van der Waals surface area contributed by atoms with E-state index < -0.39 is 5.60 Å². The summed E-state index contributed by atoms with van der Waals surface area (Å²) < 4.78 is 0. The number of aliphatic imine (C=N–C) groups is 1. The highest BCUT2D eigenvalue weighted by molar-refractivity contribution is 14.0. The molecule has 0 radical (unpaired) electrons. The summed E-state index contributed by atoms with van der Waals surface area (Å²) in [7, 11) is 0. The number of aliphatic hydroxyl groups is 1. The topological polar surface area (TPSA) is 77.0 Å². The molecular weight excluding hydrogens is 511 g/mol. The van der Waals surface area contributed by atoms with Crippen molar-refractivity contribution in [3.8, 4) is 0 Å². The molecule has 1 amide bonds. The zero-order valence-corrected chi connectivity index (χ0v) is 20.7. The van der Waals surface area contributed by atoms with Crippen LogP contribution in [0.4, 0.5) is 0 Å². The number of rotatable bonds is 7. The van der Waals surface area contributed by atoms with Crippen LogP contribution in [0, 0.1) is 0 Å². The lowest BCUT2D eigenvalue weighted by Gasteiger charge is -2.27. The van der Waals surface area contributed by atoms with Crippen LogP contribution in [0.3, 0.4) is 0 Å². The van der Waals surface area contributed by atoms with E-state index in [4.69, 9.17) is 0 Å². The number of carbonyl (C=O) groups excluding carboxylic acids is 1. The molecule has 3 N–H and O–H groups in total.